The number of hydrogen-bond acceptors (Lipinski definition) is 4. The molecule has 0 saturated carbocycles. The van der Waals surface area contributed by atoms with Crippen molar-refractivity contribution < 1.29 is 14.3 Å². The maximum Gasteiger partial charge on any atom is 0.371 e. The Morgan fingerprint density at radius 3 is 2.70 bits per heavy atom. The monoisotopic (exact) mass is 285 g/mol. The Kier molecular flexibility index (Phi) is 3.35. The first-order valence-corrected chi connectivity index (χ1v) is 6.92. The van der Waals surface area contributed by atoms with Crippen molar-refractivity contribution in [1.29, 1.82) is 0 Å². The third kappa shape index (κ3) is 2.62. The van der Waals surface area contributed by atoms with E-state index in [0.717, 1.165) is 16.3 Å². The molecule has 3 rings (SSSR count). The third-order valence-corrected chi connectivity index (χ3v) is 3.67. The first kappa shape index (κ1) is 12.6. The highest BCUT2D eigenvalue weighted by molar-refractivity contribution is 7.10. The topological polar surface area (TPSA) is 63.3 Å². The molecule has 0 amide bonds. The molecule has 4 nitrogen and oxygen atoms in total. The van der Waals surface area contributed by atoms with Gasteiger partial charge in [-0.05, 0) is 12.1 Å². The van der Waals surface area contributed by atoms with E-state index in [0.29, 0.717) is 12.2 Å². The molecule has 0 aliphatic carbocycles. The predicted molar refractivity (Wildman–Crippen MR) is 76.0 cm³/mol. The van der Waals surface area contributed by atoms with Crippen LogP contribution in [0.2, 0.25) is 0 Å². The van der Waals surface area contributed by atoms with Gasteiger partial charge in [-0.3, -0.25) is 0 Å². The number of aromatic nitrogens is 1. The molecule has 1 aromatic carbocycles. The summed E-state index contributed by atoms with van der Waals surface area (Å²) in [6.07, 6.45) is 0.505. The van der Waals surface area contributed by atoms with Gasteiger partial charge in [-0.15, -0.1) is 11.3 Å². The number of furan rings is 1. The Balaban J connectivity index is 1.78. The summed E-state index contributed by atoms with van der Waals surface area (Å²) in [5.41, 5.74) is 2.00. The number of thiazole rings is 1. The molecular weight excluding hydrogens is 274 g/mol. The summed E-state index contributed by atoms with van der Waals surface area (Å²) >= 11 is 1.54. The molecule has 1 N–H and O–H groups in total. The van der Waals surface area contributed by atoms with Crippen molar-refractivity contribution in [3.05, 3.63) is 64.4 Å². The fourth-order valence-corrected chi connectivity index (χ4v) is 2.68. The number of carboxylic acid groups (broad SMARTS) is 1. The lowest BCUT2D eigenvalue weighted by molar-refractivity contribution is 0.0660. The lowest BCUT2D eigenvalue weighted by Crippen LogP contribution is -1.92. The van der Waals surface area contributed by atoms with Crippen molar-refractivity contribution in [2.24, 2.45) is 0 Å². The number of carboxylic acids is 1. The molecule has 20 heavy (non-hydrogen) atoms. The molecule has 2 aromatic heterocycles. The SMILES string of the molecule is O=C(O)c1ccc(Cc2nc(-c3ccccc3)cs2)o1. The lowest BCUT2D eigenvalue weighted by Gasteiger charge is -1.95. The highest BCUT2D eigenvalue weighted by Crippen LogP contribution is 2.23. The standard InChI is InChI=1S/C15H11NO3S/c17-15(18)13-7-6-11(19-13)8-14-16-12(9-20-14)10-4-2-1-3-5-10/h1-7,9H,8H2,(H,17,18). The van der Waals surface area contributed by atoms with E-state index in [9.17, 15) is 4.79 Å². The van der Waals surface area contributed by atoms with Crippen LogP contribution in [0.3, 0.4) is 0 Å². The van der Waals surface area contributed by atoms with Gasteiger partial charge in [-0.2, -0.15) is 0 Å². The zero-order valence-electron chi connectivity index (χ0n) is 10.4. The minimum absolute atomic E-state index is 0.0418. The number of nitrogens with zero attached hydrogens (tertiary/aromatic N) is 1. The van der Waals surface area contributed by atoms with E-state index >= 15 is 0 Å². The Morgan fingerprint density at radius 1 is 1.20 bits per heavy atom. The van der Waals surface area contributed by atoms with Crippen LogP contribution in [0, 0.1) is 0 Å². The molecule has 0 spiro atoms. The number of benzene rings is 1. The minimum atomic E-state index is -1.06. The van der Waals surface area contributed by atoms with Crippen LogP contribution < -0.4 is 0 Å². The first-order valence-electron chi connectivity index (χ1n) is 6.04. The number of rotatable bonds is 4. The van der Waals surface area contributed by atoms with Gasteiger partial charge in [0.25, 0.3) is 0 Å². The Labute approximate surface area is 119 Å². The van der Waals surface area contributed by atoms with Gasteiger partial charge in [0.05, 0.1) is 12.1 Å². The van der Waals surface area contributed by atoms with Gasteiger partial charge in [-0.1, -0.05) is 30.3 Å². The van der Waals surface area contributed by atoms with E-state index in [1.54, 1.807) is 6.07 Å². The summed E-state index contributed by atoms with van der Waals surface area (Å²) in [5, 5.41) is 11.7. The van der Waals surface area contributed by atoms with Crippen LogP contribution in [0.5, 0.6) is 0 Å². The molecule has 0 atom stereocenters. The quantitative estimate of drug-likeness (QED) is 0.794. The molecule has 0 unspecified atom stereocenters. The van der Waals surface area contributed by atoms with E-state index in [2.05, 4.69) is 4.98 Å². The lowest BCUT2D eigenvalue weighted by atomic mass is 10.2. The average molecular weight is 285 g/mol. The van der Waals surface area contributed by atoms with Crippen molar-refractivity contribution in [3.8, 4) is 11.3 Å². The molecule has 0 fully saturated rings. The fraction of sp³-hybridized carbons (Fsp3) is 0.0667. The molecule has 2 heterocycles. The van der Waals surface area contributed by atoms with Crippen LogP contribution in [0.15, 0.2) is 52.3 Å². The van der Waals surface area contributed by atoms with Crippen LogP contribution >= 0.6 is 11.3 Å². The summed E-state index contributed by atoms with van der Waals surface area (Å²) in [7, 11) is 0. The number of aromatic carboxylic acids is 1. The van der Waals surface area contributed by atoms with Crippen molar-refractivity contribution in [2.75, 3.05) is 0 Å². The second kappa shape index (κ2) is 5.30. The smallest absolute Gasteiger partial charge is 0.371 e. The summed E-state index contributed by atoms with van der Waals surface area (Å²) < 4.78 is 5.23. The Morgan fingerprint density at radius 2 is 2.00 bits per heavy atom. The van der Waals surface area contributed by atoms with Crippen molar-refractivity contribution in [3.63, 3.8) is 0 Å². The molecule has 5 heteroatoms. The van der Waals surface area contributed by atoms with E-state index < -0.39 is 5.97 Å². The highest BCUT2D eigenvalue weighted by atomic mass is 32.1. The third-order valence-electron chi connectivity index (χ3n) is 2.82. The molecule has 0 saturated heterocycles. The Hall–Kier alpha value is -2.40. The van der Waals surface area contributed by atoms with Crippen LogP contribution in [-0.2, 0) is 6.42 Å². The van der Waals surface area contributed by atoms with Gasteiger partial charge < -0.3 is 9.52 Å². The van der Waals surface area contributed by atoms with E-state index in [1.807, 2.05) is 35.7 Å². The van der Waals surface area contributed by atoms with E-state index in [-0.39, 0.29) is 5.76 Å². The Bertz CT molecular complexity index is 730. The summed E-state index contributed by atoms with van der Waals surface area (Å²) in [6, 6.07) is 13.1. The van der Waals surface area contributed by atoms with Gasteiger partial charge in [0, 0.05) is 10.9 Å². The summed E-state index contributed by atoms with van der Waals surface area (Å²) in [5.74, 6) is -0.489. The summed E-state index contributed by atoms with van der Waals surface area (Å²) in [4.78, 5) is 15.3. The zero-order valence-corrected chi connectivity index (χ0v) is 11.3. The zero-order chi connectivity index (χ0) is 13.9. The molecule has 100 valence electrons. The number of carbonyl (C=O) groups is 1. The van der Waals surface area contributed by atoms with Crippen molar-refractivity contribution >= 4 is 17.3 Å². The van der Waals surface area contributed by atoms with Gasteiger partial charge in [0.15, 0.2) is 0 Å². The normalized spacial score (nSPS) is 10.6. The van der Waals surface area contributed by atoms with Crippen LogP contribution in [0.25, 0.3) is 11.3 Å². The van der Waals surface area contributed by atoms with Gasteiger partial charge in [0.1, 0.15) is 10.8 Å². The largest absolute Gasteiger partial charge is 0.475 e. The van der Waals surface area contributed by atoms with E-state index in [4.69, 9.17) is 9.52 Å². The number of hydrogen-bond donors (Lipinski definition) is 1. The van der Waals surface area contributed by atoms with Crippen LogP contribution in [-0.4, -0.2) is 16.1 Å². The van der Waals surface area contributed by atoms with E-state index in [1.165, 1.54) is 17.4 Å². The maximum absolute atomic E-state index is 10.7. The fourth-order valence-electron chi connectivity index (χ4n) is 1.87. The maximum atomic E-state index is 10.7. The van der Waals surface area contributed by atoms with Gasteiger partial charge in [-0.25, -0.2) is 9.78 Å². The first-order chi connectivity index (χ1) is 9.72. The van der Waals surface area contributed by atoms with Crippen LogP contribution in [0.1, 0.15) is 21.3 Å². The second-order valence-corrected chi connectivity index (χ2v) is 5.18. The average Bonchev–Trinajstić information content (AvgIpc) is 3.10. The second-order valence-electron chi connectivity index (χ2n) is 4.24. The summed E-state index contributed by atoms with van der Waals surface area (Å²) in [6.45, 7) is 0. The molecule has 0 aliphatic heterocycles. The minimum Gasteiger partial charge on any atom is -0.475 e. The van der Waals surface area contributed by atoms with Crippen LogP contribution in [0.4, 0.5) is 0 Å². The van der Waals surface area contributed by atoms with Gasteiger partial charge in [0.2, 0.25) is 5.76 Å². The highest BCUT2D eigenvalue weighted by Gasteiger charge is 2.11. The van der Waals surface area contributed by atoms with Gasteiger partial charge >= 0.3 is 5.97 Å². The predicted octanol–water partition coefficient (Wildman–Crippen LogP) is 3.69. The molecule has 0 aliphatic rings. The van der Waals surface area contributed by atoms with Crippen molar-refractivity contribution in [1.82, 2.24) is 4.98 Å². The molecule has 0 bridgehead atoms. The molecule has 3 aromatic rings. The van der Waals surface area contributed by atoms with Crippen molar-refractivity contribution in [2.45, 2.75) is 6.42 Å². The molecule has 0 radical (unpaired) electrons. The molecular formula is C15H11NO3S.